The Kier molecular flexibility index (Phi) is 3.16. The maximum absolute atomic E-state index is 12.0. The van der Waals surface area contributed by atoms with Crippen LogP contribution in [0.15, 0.2) is 24.3 Å². The molecular weight excluding hydrogens is 217 g/mol. The number of halogens is 4. The van der Waals surface area contributed by atoms with E-state index in [2.05, 4.69) is 0 Å². The van der Waals surface area contributed by atoms with Crippen LogP contribution in [0.25, 0.3) is 0 Å². The molecular formula is C9H6ClF3O. The molecule has 14 heavy (non-hydrogen) atoms. The predicted molar refractivity (Wildman–Crippen MR) is 46.4 cm³/mol. The molecule has 0 aromatic heterocycles. The molecule has 0 spiro atoms. The molecule has 0 radical (unpaired) electrons. The van der Waals surface area contributed by atoms with Gasteiger partial charge in [-0.2, -0.15) is 13.2 Å². The van der Waals surface area contributed by atoms with E-state index in [1.807, 2.05) is 0 Å². The van der Waals surface area contributed by atoms with E-state index < -0.39 is 17.8 Å². The van der Waals surface area contributed by atoms with Crippen molar-refractivity contribution < 1.29 is 18.0 Å². The zero-order chi connectivity index (χ0) is 10.8. The molecule has 0 bridgehead atoms. The fourth-order valence-electron chi connectivity index (χ4n) is 1.08. The lowest BCUT2D eigenvalue weighted by molar-refractivity contribution is -0.127. The average molecular weight is 223 g/mol. The Hall–Kier alpha value is -1.03. The molecule has 0 saturated carbocycles. The van der Waals surface area contributed by atoms with Crippen LogP contribution in [0.1, 0.15) is 15.9 Å². The van der Waals surface area contributed by atoms with Gasteiger partial charge in [0, 0.05) is 5.56 Å². The van der Waals surface area contributed by atoms with Crippen LogP contribution in [0.5, 0.6) is 0 Å². The Morgan fingerprint density at radius 2 is 1.86 bits per heavy atom. The van der Waals surface area contributed by atoms with Gasteiger partial charge < -0.3 is 0 Å². The van der Waals surface area contributed by atoms with Crippen molar-refractivity contribution in [3.8, 4) is 0 Å². The summed E-state index contributed by atoms with van der Waals surface area (Å²) >= 11 is 5.13. The zero-order valence-corrected chi connectivity index (χ0v) is 7.69. The third-order valence-electron chi connectivity index (χ3n) is 1.62. The number of alkyl halides is 3. The molecule has 76 valence electrons. The van der Waals surface area contributed by atoms with E-state index in [1.54, 1.807) is 0 Å². The standard InChI is InChI=1S/C9H6ClF3O/c10-8(14)7-4-2-1-3-6(7)5-9(11,12)13/h1-4H,5H2. The van der Waals surface area contributed by atoms with Crippen molar-refractivity contribution in [2.75, 3.05) is 0 Å². The van der Waals surface area contributed by atoms with Crippen molar-refractivity contribution in [1.82, 2.24) is 0 Å². The first-order valence-electron chi connectivity index (χ1n) is 3.74. The first kappa shape index (κ1) is 11.0. The van der Waals surface area contributed by atoms with Crippen LogP contribution in [0.3, 0.4) is 0 Å². The van der Waals surface area contributed by atoms with Gasteiger partial charge in [0.25, 0.3) is 5.24 Å². The Morgan fingerprint density at radius 1 is 1.29 bits per heavy atom. The molecule has 1 nitrogen and oxygen atoms in total. The number of carbonyl (C=O) groups is 1. The molecule has 0 N–H and O–H groups in total. The quantitative estimate of drug-likeness (QED) is 0.703. The van der Waals surface area contributed by atoms with E-state index in [9.17, 15) is 18.0 Å². The lowest BCUT2D eigenvalue weighted by Gasteiger charge is -2.08. The SMILES string of the molecule is O=C(Cl)c1ccccc1CC(F)(F)F. The first-order valence-corrected chi connectivity index (χ1v) is 4.12. The molecule has 0 amide bonds. The van der Waals surface area contributed by atoms with Crippen molar-refractivity contribution in [2.24, 2.45) is 0 Å². The Bertz CT molecular complexity index is 346. The number of carbonyl (C=O) groups excluding carboxylic acids is 1. The largest absolute Gasteiger partial charge is 0.393 e. The third kappa shape index (κ3) is 3.03. The highest BCUT2D eigenvalue weighted by atomic mass is 35.5. The highest BCUT2D eigenvalue weighted by Gasteiger charge is 2.29. The van der Waals surface area contributed by atoms with Gasteiger partial charge in [-0.3, -0.25) is 4.79 Å². The van der Waals surface area contributed by atoms with Gasteiger partial charge in [0.1, 0.15) is 0 Å². The third-order valence-corrected chi connectivity index (χ3v) is 1.82. The van der Waals surface area contributed by atoms with Crippen LogP contribution in [0.2, 0.25) is 0 Å². The monoisotopic (exact) mass is 222 g/mol. The lowest BCUT2D eigenvalue weighted by atomic mass is 10.1. The van der Waals surface area contributed by atoms with Gasteiger partial charge in [0.2, 0.25) is 0 Å². The summed E-state index contributed by atoms with van der Waals surface area (Å²) < 4.78 is 36.1. The van der Waals surface area contributed by atoms with E-state index in [1.165, 1.54) is 24.3 Å². The predicted octanol–water partition coefficient (Wildman–Crippen LogP) is 3.17. The maximum Gasteiger partial charge on any atom is 0.393 e. The smallest absolute Gasteiger partial charge is 0.276 e. The van der Waals surface area contributed by atoms with Gasteiger partial charge in [-0.1, -0.05) is 18.2 Å². The summed E-state index contributed by atoms with van der Waals surface area (Å²) in [5.41, 5.74) is -0.188. The van der Waals surface area contributed by atoms with Gasteiger partial charge in [-0.15, -0.1) is 0 Å². The summed E-state index contributed by atoms with van der Waals surface area (Å²) in [7, 11) is 0. The summed E-state index contributed by atoms with van der Waals surface area (Å²) in [5.74, 6) is 0. The second kappa shape index (κ2) is 4.00. The fraction of sp³-hybridized carbons (Fsp3) is 0.222. The molecule has 0 aliphatic heterocycles. The molecule has 5 heteroatoms. The van der Waals surface area contributed by atoms with Crippen LogP contribution in [-0.2, 0) is 6.42 Å². The number of hydrogen-bond acceptors (Lipinski definition) is 1. The van der Waals surface area contributed by atoms with Gasteiger partial charge in [-0.05, 0) is 23.2 Å². The second-order valence-electron chi connectivity index (χ2n) is 2.72. The molecule has 1 aromatic carbocycles. The van der Waals surface area contributed by atoms with Gasteiger partial charge in [-0.25, -0.2) is 0 Å². The van der Waals surface area contributed by atoms with Crippen LogP contribution < -0.4 is 0 Å². The lowest BCUT2D eigenvalue weighted by Crippen LogP contribution is -2.13. The van der Waals surface area contributed by atoms with Crippen molar-refractivity contribution in [2.45, 2.75) is 12.6 Å². The van der Waals surface area contributed by atoms with E-state index in [-0.39, 0.29) is 11.1 Å². The Labute approximate surface area is 83.5 Å². The van der Waals surface area contributed by atoms with Gasteiger partial charge in [0.05, 0.1) is 6.42 Å². The summed E-state index contributed by atoms with van der Waals surface area (Å²) in [6.45, 7) is 0. The van der Waals surface area contributed by atoms with Crippen LogP contribution in [-0.4, -0.2) is 11.4 Å². The summed E-state index contributed by atoms with van der Waals surface area (Å²) in [6, 6.07) is 5.42. The second-order valence-corrected chi connectivity index (χ2v) is 3.07. The average Bonchev–Trinajstić information content (AvgIpc) is 2.01. The van der Waals surface area contributed by atoms with Crippen molar-refractivity contribution in [3.05, 3.63) is 35.4 Å². The topological polar surface area (TPSA) is 17.1 Å². The van der Waals surface area contributed by atoms with Crippen molar-refractivity contribution >= 4 is 16.8 Å². The molecule has 0 aliphatic carbocycles. The molecule has 0 atom stereocenters. The highest BCUT2D eigenvalue weighted by molar-refractivity contribution is 6.67. The van der Waals surface area contributed by atoms with Gasteiger partial charge in [0.15, 0.2) is 0 Å². The molecule has 1 aromatic rings. The Morgan fingerprint density at radius 3 is 2.36 bits per heavy atom. The number of hydrogen-bond donors (Lipinski definition) is 0. The maximum atomic E-state index is 12.0. The summed E-state index contributed by atoms with van der Waals surface area (Å²) in [6.07, 6.45) is -5.47. The van der Waals surface area contributed by atoms with E-state index >= 15 is 0 Å². The Balaban J connectivity index is 3.02. The summed E-state index contributed by atoms with van der Waals surface area (Å²) in [4.78, 5) is 10.8. The zero-order valence-electron chi connectivity index (χ0n) is 6.94. The van der Waals surface area contributed by atoms with Gasteiger partial charge >= 0.3 is 6.18 Å². The van der Waals surface area contributed by atoms with Crippen LogP contribution in [0.4, 0.5) is 13.2 Å². The molecule has 0 saturated heterocycles. The summed E-state index contributed by atoms with van der Waals surface area (Å²) in [5, 5.41) is -0.871. The van der Waals surface area contributed by atoms with Crippen LogP contribution in [0, 0.1) is 0 Å². The van der Waals surface area contributed by atoms with E-state index in [4.69, 9.17) is 11.6 Å². The molecule has 1 rings (SSSR count). The minimum absolute atomic E-state index is 0.0912. The van der Waals surface area contributed by atoms with Crippen LogP contribution >= 0.6 is 11.6 Å². The number of rotatable bonds is 2. The minimum Gasteiger partial charge on any atom is -0.276 e. The van der Waals surface area contributed by atoms with Crippen molar-refractivity contribution in [1.29, 1.82) is 0 Å². The normalized spacial score (nSPS) is 11.4. The van der Waals surface area contributed by atoms with Crippen molar-refractivity contribution in [3.63, 3.8) is 0 Å². The van der Waals surface area contributed by atoms with E-state index in [0.717, 1.165) is 0 Å². The minimum atomic E-state index is -4.33. The molecule has 0 aliphatic rings. The number of benzene rings is 1. The highest BCUT2D eigenvalue weighted by Crippen LogP contribution is 2.24. The fourth-order valence-corrected chi connectivity index (χ4v) is 1.27. The molecule has 0 heterocycles. The molecule has 0 fully saturated rings. The molecule has 0 unspecified atom stereocenters. The first-order chi connectivity index (χ1) is 6.40. The van der Waals surface area contributed by atoms with E-state index in [0.29, 0.717) is 0 Å².